The molecule has 5 nitrogen and oxygen atoms in total. The molecule has 4 aromatic rings. The number of hydrogen-bond donors (Lipinski definition) is 0. The van der Waals surface area contributed by atoms with E-state index in [1.54, 1.807) is 15.5 Å². The van der Waals surface area contributed by atoms with Crippen molar-refractivity contribution in [3.05, 3.63) is 98.1 Å². The summed E-state index contributed by atoms with van der Waals surface area (Å²) in [4.78, 5) is 33.6. The van der Waals surface area contributed by atoms with Crippen LogP contribution in [0, 0.1) is 3.57 Å². The highest BCUT2D eigenvalue weighted by molar-refractivity contribution is 14.1. The van der Waals surface area contributed by atoms with Crippen molar-refractivity contribution in [1.82, 2.24) is 9.55 Å². The molecule has 0 N–H and O–H groups in total. The van der Waals surface area contributed by atoms with E-state index >= 15 is 0 Å². The van der Waals surface area contributed by atoms with E-state index in [9.17, 15) is 9.59 Å². The molecule has 0 saturated carbocycles. The summed E-state index contributed by atoms with van der Waals surface area (Å²) in [5, 5.41) is 0.546. The number of benzene rings is 3. The molecule has 2 heterocycles. The average molecular weight is 533 g/mol. The number of hydrogen-bond acceptors (Lipinski definition) is 3. The molecule has 0 radical (unpaired) electrons. The minimum absolute atomic E-state index is 0.0116. The molecule has 32 heavy (non-hydrogen) atoms. The zero-order valence-corrected chi connectivity index (χ0v) is 19.8. The van der Waals surface area contributed by atoms with Gasteiger partial charge in [0.15, 0.2) is 0 Å². The number of anilines is 1. The highest BCUT2D eigenvalue weighted by Gasteiger charge is 2.34. The number of amides is 1. The summed E-state index contributed by atoms with van der Waals surface area (Å²) >= 11 is 2.19. The number of rotatable bonds is 3. The summed E-state index contributed by atoms with van der Waals surface area (Å²) in [5.41, 5.74) is 3.41. The van der Waals surface area contributed by atoms with Crippen molar-refractivity contribution in [3.63, 3.8) is 0 Å². The number of nitrogens with zero attached hydrogens (tertiary/aromatic N) is 3. The van der Waals surface area contributed by atoms with Gasteiger partial charge in [0.05, 0.1) is 27.9 Å². The lowest BCUT2D eigenvalue weighted by Gasteiger charge is -2.21. The molecule has 6 heteroatoms. The molecular weight excluding hydrogens is 513 g/mol. The first-order chi connectivity index (χ1) is 15.5. The molecule has 0 unspecified atom stereocenters. The van der Waals surface area contributed by atoms with Gasteiger partial charge in [0.25, 0.3) is 11.5 Å². The van der Waals surface area contributed by atoms with E-state index in [2.05, 4.69) is 22.6 Å². The molecular formula is C26H20IN3O2. The first kappa shape index (κ1) is 20.6. The number of para-hydroxylation sites is 2. The van der Waals surface area contributed by atoms with Crippen LogP contribution in [0.5, 0.6) is 0 Å². The molecule has 0 atom stereocenters. The molecule has 158 valence electrons. The normalized spacial score (nSPS) is 14.6. The van der Waals surface area contributed by atoms with Crippen LogP contribution in [0.15, 0.2) is 77.6 Å². The maximum absolute atomic E-state index is 13.6. The average Bonchev–Trinajstić information content (AvgIpc) is 3.06. The second-order valence-electron chi connectivity index (χ2n) is 7.95. The number of fused-ring (bicyclic) bond motifs is 2. The SMILES string of the molecule is CC(C)N1C(=O)/C(=C\c2nc3ccc(I)cc3c(=O)n2-c2ccccc2)c2ccccc21. The minimum atomic E-state index is -0.161. The summed E-state index contributed by atoms with van der Waals surface area (Å²) in [6, 6.07) is 22.8. The molecule has 3 aromatic carbocycles. The van der Waals surface area contributed by atoms with Crippen LogP contribution in [0.4, 0.5) is 5.69 Å². The second-order valence-corrected chi connectivity index (χ2v) is 9.20. The van der Waals surface area contributed by atoms with E-state index in [0.29, 0.717) is 28.0 Å². The van der Waals surface area contributed by atoms with Crippen molar-refractivity contribution in [3.8, 4) is 5.69 Å². The Kier molecular flexibility index (Phi) is 5.17. The molecule has 1 aliphatic rings. The fourth-order valence-corrected chi connectivity index (χ4v) is 4.64. The molecule has 1 aromatic heterocycles. The van der Waals surface area contributed by atoms with Crippen LogP contribution in [-0.4, -0.2) is 21.5 Å². The van der Waals surface area contributed by atoms with Crippen molar-refractivity contribution in [2.24, 2.45) is 0 Å². The van der Waals surface area contributed by atoms with E-state index in [1.807, 2.05) is 86.6 Å². The zero-order valence-electron chi connectivity index (χ0n) is 17.6. The molecule has 0 fully saturated rings. The Hall–Kier alpha value is -3.26. The summed E-state index contributed by atoms with van der Waals surface area (Å²) in [6.45, 7) is 3.99. The van der Waals surface area contributed by atoms with Gasteiger partial charge in [-0.15, -0.1) is 0 Å². The molecule has 0 aliphatic carbocycles. The van der Waals surface area contributed by atoms with Gasteiger partial charge in [0.1, 0.15) is 5.82 Å². The highest BCUT2D eigenvalue weighted by atomic mass is 127. The van der Waals surface area contributed by atoms with Crippen molar-refractivity contribution < 1.29 is 4.79 Å². The molecule has 5 rings (SSSR count). The number of halogens is 1. The third-order valence-corrected chi connectivity index (χ3v) is 6.23. The lowest BCUT2D eigenvalue weighted by Crippen LogP contribution is -2.33. The predicted molar refractivity (Wildman–Crippen MR) is 137 cm³/mol. The van der Waals surface area contributed by atoms with Gasteiger partial charge in [0.2, 0.25) is 0 Å². The quantitative estimate of drug-likeness (QED) is 0.266. The number of carbonyl (C=O) groups excluding carboxylic acids is 1. The lowest BCUT2D eigenvalue weighted by molar-refractivity contribution is -0.113. The van der Waals surface area contributed by atoms with Crippen LogP contribution in [-0.2, 0) is 4.79 Å². The van der Waals surface area contributed by atoms with Gasteiger partial charge in [0, 0.05) is 15.2 Å². The van der Waals surface area contributed by atoms with Crippen molar-refractivity contribution in [2.45, 2.75) is 19.9 Å². The van der Waals surface area contributed by atoms with E-state index in [1.165, 1.54) is 0 Å². The van der Waals surface area contributed by atoms with E-state index in [0.717, 1.165) is 14.8 Å². The maximum Gasteiger partial charge on any atom is 0.266 e. The molecule has 1 aliphatic heterocycles. The Bertz CT molecular complexity index is 1460. The standard InChI is InChI=1S/C26H20IN3O2/c1-16(2)29-23-11-7-6-10-19(23)20(25(29)31)15-24-28-22-13-12-17(27)14-21(22)26(32)30(24)18-8-4-3-5-9-18/h3-16H,1-2H3/b20-15-. The van der Waals surface area contributed by atoms with Gasteiger partial charge in [-0.05, 0) is 78.9 Å². The number of carbonyl (C=O) groups is 1. The van der Waals surface area contributed by atoms with Gasteiger partial charge in [-0.2, -0.15) is 0 Å². The molecule has 0 saturated heterocycles. The monoisotopic (exact) mass is 533 g/mol. The maximum atomic E-state index is 13.6. The lowest BCUT2D eigenvalue weighted by atomic mass is 10.1. The van der Waals surface area contributed by atoms with Crippen LogP contribution < -0.4 is 10.5 Å². The third-order valence-electron chi connectivity index (χ3n) is 5.56. The largest absolute Gasteiger partial charge is 0.305 e. The van der Waals surface area contributed by atoms with E-state index in [4.69, 9.17) is 4.98 Å². The second kappa shape index (κ2) is 8.02. The summed E-state index contributed by atoms with van der Waals surface area (Å²) in [6.07, 6.45) is 1.75. The predicted octanol–water partition coefficient (Wildman–Crippen LogP) is 5.29. The van der Waals surface area contributed by atoms with Gasteiger partial charge in [-0.3, -0.25) is 14.2 Å². The van der Waals surface area contributed by atoms with Gasteiger partial charge < -0.3 is 4.90 Å². The Morgan fingerprint density at radius 3 is 2.41 bits per heavy atom. The van der Waals surface area contributed by atoms with Gasteiger partial charge in [-0.1, -0.05) is 36.4 Å². The fraction of sp³-hybridized carbons (Fsp3) is 0.115. The highest BCUT2D eigenvalue weighted by Crippen LogP contribution is 2.38. The van der Waals surface area contributed by atoms with Gasteiger partial charge in [-0.25, -0.2) is 4.98 Å². The van der Waals surface area contributed by atoms with Crippen LogP contribution >= 0.6 is 22.6 Å². The molecule has 1 amide bonds. The van der Waals surface area contributed by atoms with Crippen LogP contribution in [0.3, 0.4) is 0 Å². The summed E-state index contributed by atoms with van der Waals surface area (Å²) < 4.78 is 2.55. The summed E-state index contributed by atoms with van der Waals surface area (Å²) in [5.74, 6) is 0.344. The van der Waals surface area contributed by atoms with Crippen molar-refractivity contribution in [2.75, 3.05) is 4.90 Å². The Labute approximate surface area is 199 Å². The first-order valence-corrected chi connectivity index (χ1v) is 11.5. The Morgan fingerprint density at radius 1 is 0.938 bits per heavy atom. The van der Waals surface area contributed by atoms with E-state index in [-0.39, 0.29) is 17.5 Å². The van der Waals surface area contributed by atoms with Crippen LogP contribution in [0.25, 0.3) is 28.2 Å². The van der Waals surface area contributed by atoms with Crippen LogP contribution in [0.2, 0.25) is 0 Å². The molecule has 0 bridgehead atoms. The Morgan fingerprint density at radius 2 is 1.66 bits per heavy atom. The van der Waals surface area contributed by atoms with Crippen molar-refractivity contribution in [1.29, 1.82) is 0 Å². The molecule has 0 spiro atoms. The minimum Gasteiger partial charge on any atom is -0.305 e. The van der Waals surface area contributed by atoms with Gasteiger partial charge >= 0.3 is 0 Å². The third kappa shape index (κ3) is 3.35. The smallest absolute Gasteiger partial charge is 0.266 e. The summed E-state index contributed by atoms with van der Waals surface area (Å²) in [7, 11) is 0. The van der Waals surface area contributed by atoms with Crippen molar-refractivity contribution >= 4 is 56.7 Å². The first-order valence-electron chi connectivity index (χ1n) is 10.4. The fourth-order valence-electron chi connectivity index (χ4n) is 4.15. The van der Waals surface area contributed by atoms with E-state index < -0.39 is 0 Å². The zero-order chi connectivity index (χ0) is 22.4. The number of aromatic nitrogens is 2. The Balaban J connectivity index is 1.82. The topological polar surface area (TPSA) is 55.2 Å². The van der Waals surface area contributed by atoms with Crippen LogP contribution in [0.1, 0.15) is 25.2 Å².